The smallest absolute Gasteiger partial charge is 0.246 e. The average Bonchev–Trinajstić information content (AvgIpc) is 2.65. The zero-order valence-electron chi connectivity index (χ0n) is 15.3. The van der Waals surface area contributed by atoms with Crippen LogP contribution in [0.4, 0.5) is 14.5 Å². The number of likely N-dealkylation sites (N-methyl/N-ethyl adjacent to an activating group) is 1. The molecule has 1 atom stereocenters. The van der Waals surface area contributed by atoms with Crippen LogP contribution in [0, 0.1) is 11.6 Å². The van der Waals surface area contributed by atoms with E-state index in [0.717, 1.165) is 24.6 Å². The SMILES string of the molecule is CCCC[C@H](CNc1ccccc1)N(C)S(=O)(=O)c1cc(Br)c(F)cc1F. The summed E-state index contributed by atoms with van der Waals surface area (Å²) in [5, 5.41) is 3.22. The van der Waals surface area contributed by atoms with Crippen molar-refractivity contribution in [3.8, 4) is 0 Å². The van der Waals surface area contributed by atoms with Crippen molar-refractivity contribution in [2.45, 2.75) is 37.1 Å². The molecule has 0 heterocycles. The Morgan fingerprint density at radius 2 is 1.81 bits per heavy atom. The molecule has 8 heteroatoms. The number of para-hydroxylation sites is 1. The van der Waals surface area contributed by atoms with Crippen molar-refractivity contribution >= 4 is 31.6 Å². The van der Waals surface area contributed by atoms with Gasteiger partial charge in [-0.3, -0.25) is 0 Å². The Bertz CT molecular complexity index is 864. The lowest BCUT2D eigenvalue weighted by Crippen LogP contribution is -2.41. The molecule has 0 unspecified atom stereocenters. The molecule has 0 fully saturated rings. The minimum absolute atomic E-state index is 0.0941. The molecule has 27 heavy (non-hydrogen) atoms. The Balaban J connectivity index is 2.27. The molecular weight excluding hydrogens is 438 g/mol. The zero-order valence-corrected chi connectivity index (χ0v) is 17.7. The largest absolute Gasteiger partial charge is 0.383 e. The van der Waals surface area contributed by atoms with Gasteiger partial charge in [-0.1, -0.05) is 38.0 Å². The molecule has 0 saturated carbocycles. The van der Waals surface area contributed by atoms with E-state index < -0.39 is 26.6 Å². The van der Waals surface area contributed by atoms with E-state index in [9.17, 15) is 17.2 Å². The average molecular weight is 461 g/mol. The molecule has 0 spiro atoms. The second-order valence-electron chi connectivity index (χ2n) is 6.26. The molecule has 0 saturated heterocycles. The predicted molar refractivity (Wildman–Crippen MR) is 107 cm³/mol. The van der Waals surface area contributed by atoms with Gasteiger partial charge in [0.1, 0.15) is 16.5 Å². The van der Waals surface area contributed by atoms with Crippen LogP contribution in [0.15, 0.2) is 51.8 Å². The fourth-order valence-electron chi connectivity index (χ4n) is 2.70. The van der Waals surface area contributed by atoms with Gasteiger partial charge in [0.05, 0.1) is 4.47 Å². The Labute approximate surface area is 167 Å². The highest BCUT2D eigenvalue weighted by Crippen LogP contribution is 2.27. The molecule has 148 valence electrons. The first-order valence-electron chi connectivity index (χ1n) is 8.68. The van der Waals surface area contributed by atoms with Gasteiger partial charge in [0.15, 0.2) is 0 Å². The van der Waals surface area contributed by atoms with Crippen molar-refractivity contribution in [2.75, 3.05) is 18.9 Å². The van der Waals surface area contributed by atoms with Crippen molar-refractivity contribution in [1.82, 2.24) is 4.31 Å². The van der Waals surface area contributed by atoms with Crippen LogP contribution in [-0.4, -0.2) is 32.4 Å². The molecule has 0 aromatic heterocycles. The number of hydrogen-bond acceptors (Lipinski definition) is 3. The van der Waals surface area contributed by atoms with Crippen LogP contribution in [0.2, 0.25) is 0 Å². The van der Waals surface area contributed by atoms with Gasteiger partial charge < -0.3 is 5.32 Å². The maximum absolute atomic E-state index is 14.2. The highest BCUT2D eigenvalue weighted by Gasteiger charge is 2.31. The summed E-state index contributed by atoms with van der Waals surface area (Å²) in [5.41, 5.74) is 0.875. The van der Waals surface area contributed by atoms with Crippen molar-refractivity contribution in [3.05, 3.63) is 58.6 Å². The monoisotopic (exact) mass is 460 g/mol. The first-order valence-corrected chi connectivity index (χ1v) is 10.9. The lowest BCUT2D eigenvalue weighted by Gasteiger charge is -2.28. The molecule has 2 rings (SSSR count). The van der Waals surface area contributed by atoms with Gasteiger partial charge in [-0.05, 0) is 40.5 Å². The van der Waals surface area contributed by atoms with E-state index in [1.165, 1.54) is 11.4 Å². The molecule has 4 nitrogen and oxygen atoms in total. The third kappa shape index (κ3) is 5.49. The summed E-state index contributed by atoms with van der Waals surface area (Å²) in [7, 11) is -2.69. The summed E-state index contributed by atoms with van der Waals surface area (Å²) < 4.78 is 54.6. The second kappa shape index (κ2) is 9.61. The van der Waals surface area contributed by atoms with Crippen LogP contribution in [0.5, 0.6) is 0 Å². The third-order valence-corrected chi connectivity index (χ3v) is 6.89. The molecule has 0 radical (unpaired) electrons. The highest BCUT2D eigenvalue weighted by molar-refractivity contribution is 9.10. The first kappa shape index (κ1) is 21.8. The minimum Gasteiger partial charge on any atom is -0.383 e. The van der Waals surface area contributed by atoms with E-state index in [1.807, 2.05) is 37.3 Å². The summed E-state index contributed by atoms with van der Waals surface area (Å²) in [5.74, 6) is -1.95. The van der Waals surface area contributed by atoms with Gasteiger partial charge >= 0.3 is 0 Å². The molecule has 0 aliphatic heterocycles. The van der Waals surface area contributed by atoms with Gasteiger partial charge in [0, 0.05) is 31.4 Å². The maximum Gasteiger partial charge on any atom is 0.246 e. The van der Waals surface area contributed by atoms with Gasteiger partial charge in [0.25, 0.3) is 0 Å². The summed E-state index contributed by atoms with van der Waals surface area (Å²) in [6.07, 6.45) is 2.36. The number of unbranched alkanes of at least 4 members (excludes halogenated alkanes) is 1. The number of sulfonamides is 1. The summed E-state index contributed by atoms with van der Waals surface area (Å²) >= 11 is 2.93. The van der Waals surface area contributed by atoms with E-state index in [4.69, 9.17) is 0 Å². The van der Waals surface area contributed by atoms with Crippen LogP contribution in [-0.2, 0) is 10.0 Å². The third-order valence-electron chi connectivity index (χ3n) is 4.35. The topological polar surface area (TPSA) is 49.4 Å². The molecule has 2 aromatic rings. The fraction of sp³-hybridized carbons (Fsp3) is 0.368. The van der Waals surface area contributed by atoms with Crippen molar-refractivity contribution in [1.29, 1.82) is 0 Å². The Morgan fingerprint density at radius 1 is 1.15 bits per heavy atom. The molecule has 0 bridgehead atoms. The molecule has 0 amide bonds. The Hall–Kier alpha value is -1.51. The van der Waals surface area contributed by atoms with Crippen molar-refractivity contribution in [3.63, 3.8) is 0 Å². The predicted octanol–water partition coefficient (Wildman–Crippen LogP) is 5.02. The summed E-state index contributed by atoms with van der Waals surface area (Å²) in [6, 6.07) is 10.6. The number of rotatable bonds is 9. The van der Waals surface area contributed by atoms with Crippen molar-refractivity contribution in [2.24, 2.45) is 0 Å². The summed E-state index contributed by atoms with van der Waals surface area (Å²) in [4.78, 5) is -0.542. The van der Waals surface area contributed by atoms with Gasteiger partial charge in [-0.15, -0.1) is 0 Å². The molecule has 0 aliphatic carbocycles. The Kier molecular flexibility index (Phi) is 7.76. The van der Waals surface area contributed by atoms with E-state index in [2.05, 4.69) is 21.2 Å². The molecule has 2 aromatic carbocycles. The number of benzene rings is 2. The molecule has 1 N–H and O–H groups in total. The van der Waals surface area contributed by atoms with Gasteiger partial charge in [-0.2, -0.15) is 4.31 Å². The van der Waals surface area contributed by atoms with E-state index in [0.29, 0.717) is 19.0 Å². The zero-order chi connectivity index (χ0) is 20.0. The van der Waals surface area contributed by atoms with Crippen LogP contribution in [0.25, 0.3) is 0 Å². The first-order chi connectivity index (χ1) is 12.8. The Morgan fingerprint density at radius 3 is 2.44 bits per heavy atom. The lowest BCUT2D eigenvalue weighted by molar-refractivity contribution is 0.352. The quantitative estimate of drug-likeness (QED) is 0.534. The number of anilines is 1. The fourth-order valence-corrected chi connectivity index (χ4v) is 4.65. The van der Waals surface area contributed by atoms with E-state index >= 15 is 0 Å². The van der Waals surface area contributed by atoms with Crippen LogP contribution < -0.4 is 5.32 Å². The normalized spacial score (nSPS) is 13.0. The standard InChI is InChI=1S/C19H23BrF2N2O2S/c1-3-4-10-15(13-23-14-8-6-5-7-9-14)24(2)27(25,26)19-11-16(20)17(21)12-18(19)22/h5-9,11-12,15,23H,3-4,10,13H2,1-2H3/t15-/m1/s1. The molecular formula is C19H23BrF2N2O2S. The van der Waals surface area contributed by atoms with E-state index in [1.54, 1.807) is 0 Å². The minimum atomic E-state index is -4.12. The van der Waals surface area contributed by atoms with Gasteiger partial charge in [0.2, 0.25) is 10.0 Å². The van der Waals surface area contributed by atoms with Gasteiger partial charge in [-0.25, -0.2) is 17.2 Å². The lowest BCUT2D eigenvalue weighted by atomic mass is 10.1. The van der Waals surface area contributed by atoms with E-state index in [-0.39, 0.29) is 10.5 Å². The number of nitrogens with zero attached hydrogens (tertiary/aromatic N) is 1. The maximum atomic E-state index is 14.2. The van der Waals surface area contributed by atoms with Crippen LogP contribution in [0.3, 0.4) is 0 Å². The van der Waals surface area contributed by atoms with Crippen LogP contribution in [0.1, 0.15) is 26.2 Å². The summed E-state index contributed by atoms with van der Waals surface area (Å²) in [6.45, 7) is 2.40. The number of hydrogen-bond donors (Lipinski definition) is 1. The molecule has 0 aliphatic rings. The number of nitrogens with one attached hydrogen (secondary N) is 1. The van der Waals surface area contributed by atoms with Crippen molar-refractivity contribution < 1.29 is 17.2 Å². The van der Waals surface area contributed by atoms with Crippen LogP contribution >= 0.6 is 15.9 Å². The highest BCUT2D eigenvalue weighted by atomic mass is 79.9. The number of halogens is 3. The second-order valence-corrected chi connectivity index (χ2v) is 9.08.